The van der Waals surface area contributed by atoms with Crippen LogP contribution in [0.2, 0.25) is 0 Å². The Morgan fingerprint density at radius 1 is 0.867 bits per heavy atom. The first-order valence-electron chi connectivity index (χ1n) is 5.24. The monoisotopic (exact) mass is 195 g/mol. The molecule has 0 saturated carbocycles. The maximum absolute atomic E-state index is 2.26. The second-order valence-electron chi connectivity index (χ2n) is 4.03. The molecule has 1 heteroatoms. The first-order chi connectivity index (χ1) is 7.29. The smallest absolute Gasteiger partial charge is 0.0530 e. The van der Waals surface area contributed by atoms with E-state index < -0.39 is 0 Å². The molecule has 1 nitrogen and oxygen atoms in total. The predicted molar refractivity (Wildman–Crippen MR) is 63.5 cm³/mol. The van der Waals surface area contributed by atoms with E-state index >= 15 is 0 Å². The molecular weight excluding hydrogens is 182 g/mol. The fraction of sp³-hybridized carbons (Fsp3) is 0.143. The molecule has 0 saturated heterocycles. The minimum Gasteiger partial charge on any atom is -0.316 e. The van der Waals surface area contributed by atoms with Gasteiger partial charge in [0.25, 0.3) is 0 Å². The zero-order valence-electron chi connectivity index (χ0n) is 8.99. The van der Waals surface area contributed by atoms with Crippen LogP contribution >= 0.6 is 0 Å². The Morgan fingerprint density at radius 3 is 2.60 bits per heavy atom. The van der Waals surface area contributed by atoms with Gasteiger partial charge >= 0.3 is 0 Å². The lowest BCUT2D eigenvalue weighted by Crippen LogP contribution is -1.98. The maximum atomic E-state index is 2.26. The van der Waals surface area contributed by atoms with Crippen LogP contribution in [0.4, 0.5) is 0 Å². The van der Waals surface area contributed by atoms with Crippen molar-refractivity contribution in [2.45, 2.75) is 13.8 Å². The molecule has 1 aliphatic heterocycles. The summed E-state index contributed by atoms with van der Waals surface area (Å²) in [6.45, 7) is 4.39. The normalized spacial score (nSPS) is 11.3. The van der Waals surface area contributed by atoms with Crippen LogP contribution in [0, 0.1) is 13.8 Å². The van der Waals surface area contributed by atoms with Crippen molar-refractivity contribution in [1.82, 2.24) is 4.40 Å². The molecule has 0 aromatic carbocycles. The summed E-state index contributed by atoms with van der Waals surface area (Å²) >= 11 is 0. The summed E-state index contributed by atoms with van der Waals surface area (Å²) in [6.07, 6.45) is 2.13. The lowest BCUT2D eigenvalue weighted by Gasteiger charge is -2.15. The molecule has 0 bridgehead atoms. The zero-order chi connectivity index (χ0) is 10.4. The maximum Gasteiger partial charge on any atom is 0.0530 e. The van der Waals surface area contributed by atoms with Crippen molar-refractivity contribution in [3.05, 3.63) is 53.7 Å². The molecule has 0 unspecified atom stereocenters. The highest BCUT2D eigenvalue weighted by molar-refractivity contribution is 5.76. The topological polar surface area (TPSA) is 4.41 Å². The third-order valence-corrected chi connectivity index (χ3v) is 3.26. The van der Waals surface area contributed by atoms with Crippen LogP contribution in [0.1, 0.15) is 11.1 Å². The molecule has 1 aromatic heterocycles. The standard InChI is InChI=1S/C14H13N/c1-10-11(2)13-7-3-4-9-15(13)14-8-5-6-12(10)14/h3-9H,1-2H3. The molecule has 0 spiro atoms. The number of nitrogens with zero attached hydrogens (tertiary/aromatic N) is 1. The Labute approximate surface area is 89.3 Å². The number of aromatic nitrogens is 1. The molecule has 0 radical (unpaired) electrons. The van der Waals surface area contributed by atoms with E-state index in [1.807, 2.05) is 0 Å². The summed E-state index contributed by atoms with van der Waals surface area (Å²) in [5, 5.41) is 0. The van der Waals surface area contributed by atoms with Gasteiger partial charge in [0, 0.05) is 17.3 Å². The quantitative estimate of drug-likeness (QED) is 0.515. The van der Waals surface area contributed by atoms with E-state index in [0.29, 0.717) is 0 Å². The van der Waals surface area contributed by atoms with Crippen LogP contribution in [0.5, 0.6) is 0 Å². The van der Waals surface area contributed by atoms with E-state index in [0.717, 1.165) is 0 Å². The van der Waals surface area contributed by atoms with Gasteiger partial charge in [-0.05, 0) is 43.2 Å². The molecule has 15 heavy (non-hydrogen) atoms. The van der Waals surface area contributed by atoms with E-state index in [2.05, 4.69) is 60.8 Å². The van der Waals surface area contributed by atoms with Crippen molar-refractivity contribution in [1.29, 1.82) is 0 Å². The Morgan fingerprint density at radius 2 is 1.73 bits per heavy atom. The summed E-state index contributed by atoms with van der Waals surface area (Å²) in [4.78, 5) is 0. The SMILES string of the molecule is Cc1c2cccc-2n2ccccc2c1C. The Bertz CT molecular complexity index is 604. The van der Waals surface area contributed by atoms with Gasteiger partial charge in [-0.25, -0.2) is 0 Å². The van der Waals surface area contributed by atoms with Crippen molar-refractivity contribution in [2.24, 2.45) is 0 Å². The summed E-state index contributed by atoms with van der Waals surface area (Å²) in [5.41, 5.74) is 6.72. The average molecular weight is 195 g/mol. The molecule has 1 aromatic rings. The number of hydrogen-bond donors (Lipinski definition) is 0. The van der Waals surface area contributed by atoms with Crippen molar-refractivity contribution < 1.29 is 0 Å². The number of rotatable bonds is 0. The van der Waals surface area contributed by atoms with E-state index in [9.17, 15) is 0 Å². The lowest BCUT2D eigenvalue weighted by molar-refractivity contribution is 1.14. The van der Waals surface area contributed by atoms with Crippen LogP contribution < -0.4 is 0 Å². The van der Waals surface area contributed by atoms with Crippen LogP contribution in [-0.2, 0) is 0 Å². The van der Waals surface area contributed by atoms with E-state index in [1.54, 1.807) is 0 Å². The van der Waals surface area contributed by atoms with Gasteiger partial charge < -0.3 is 4.40 Å². The first kappa shape index (κ1) is 8.54. The summed E-state index contributed by atoms with van der Waals surface area (Å²) < 4.78 is 2.26. The highest BCUT2D eigenvalue weighted by Gasteiger charge is 2.12. The Kier molecular flexibility index (Phi) is 1.63. The number of pyridine rings is 2. The predicted octanol–water partition coefficient (Wildman–Crippen LogP) is 3.66. The molecule has 0 amide bonds. The van der Waals surface area contributed by atoms with Crippen molar-refractivity contribution in [3.63, 3.8) is 0 Å². The third-order valence-electron chi connectivity index (χ3n) is 3.26. The van der Waals surface area contributed by atoms with Crippen molar-refractivity contribution >= 4 is 5.52 Å². The molecule has 0 atom stereocenters. The number of hydrogen-bond acceptors (Lipinski definition) is 0. The van der Waals surface area contributed by atoms with Crippen LogP contribution in [-0.4, -0.2) is 4.40 Å². The number of aryl methyl sites for hydroxylation is 1. The highest BCUT2D eigenvalue weighted by Crippen LogP contribution is 2.31. The molecule has 1 aliphatic carbocycles. The van der Waals surface area contributed by atoms with Gasteiger partial charge in [0.2, 0.25) is 0 Å². The van der Waals surface area contributed by atoms with Crippen LogP contribution in [0.3, 0.4) is 0 Å². The van der Waals surface area contributed by atoms with Gasteiger partial charge in [0.15, 0.2) is 0 Å². The number of fused-ring (bicyclic) bond motifs is 3. The Hall–Kier alpha value is -1.76. The van der Waals surface area contributed by atoms with Crippen molar-refractivity contribution in [2.75, 3.05) is 0 Å². The second-order valence-corrected chi connectivity index (χ2v) is 4.03. The van der Waals surface area contributed by atoms with Gasteiger partial charge in [0.05, 0.1) is 5.69 Å². The van der Waals surface area contributed by atoms with Crippen molar-refractivity contribution in [3.8, 4) is 11.3 Å². The van der Waals surface area contributed by atoms with Gasteiger partial charge in [-0.15, -0.1) is 0 Å². The summed E-state index contributed by atoms with van der Waals surface area (Å²) in [5.74, 6) is 0. The summed E-state index contributed by atoms with van der Waals surface area (Å²) in [6, 6.07) is 12.8. The molecule has 2 heterocycles. The lowest BCUT2D eigenvalue weighted by atomic mass is 10.0. The minimum absolute atomic E-state index is 1.30. The first-order valence-corrected chi connectivity index (χ1v) is 5.24. The van der Waals surface area contributed by atoms with E-state index in [4.69, 9.17) is 0 Å². The van der Waals surface area contributed by atoms with Gasteiger partial charge in [0.1, 0.15) is 0 Å². The molecule has 74 valence electrons. The van der Waals surface area contributed by atoms with E-state index in [-0.39, 0.29) is 0 Å². The molecule has 3 rings (SSSR count). The average Bonchev–Trinajstić information content (AvgIpc) is 2.75. The molecule has 0 N–H and O–H groups in total. The third kappa shape index (κ3) is 1.03. The fourth-order valence-corrected chi connectivity index (χ4v) is 2.29. The van der Waals surface area contributed by atoms with Gasteiger partial charge in [-0.1, -0.05) is 18.2 Å². The van der Waals surface area contributed by atoms with Gasteiger partial charge in [-0.2, -0.15) is 0 Å². The van der Waals surface area contributed by atoms with Crippen LogP contribution in [0.15, 0.2) is 42.6 Å². The molecule has 0 fully saturated rings. The van der Waals surface area contributed by atoms with E-state index in [1.165, 1.54) is 27.9 Å². The van der Waals surface area contributed by atoms with Gasteiger partial charge in [-0.3, -0.25) is 0 Å². The minimum atomic E-state index is 1.30. The largest absolute Gasteiger partial charge is 0.316 e. The van der Waals surface area contributed by atoms with Crippen LogP contribution in [0.25, 0.3) is 16.8 Å². The fourth-order valence-electron chi connectivity index (χ4n) is 2.29. The molecule has 2 aliphatic rings. The molecular formula is C14H13N. The second kappa shape index (κ2) is 2.86. The highest BCUT2D eigenvalue weighted by atomic mass is 14.9. The Balaban J connectivity index is 2.64. The zero-order valence-corrected chi connectivity index (χ0v) is 8.99. The summed E-state index contributed by atoms with van der Waals surface area (Å²) in [7, 11) is 0.